The lowest BCUT2D eigenvalue weighted by atomic mass is 9.93. The third-order valence-electron chi connectivity index (χ3n) is 2.98. The van der Waals surface area contributed by atoms with Crippen molar-refractivity contribution in [3.05, 3.63) is 41.6 Å². The standard InChI is InChI=1S/C14H14F3NO/c1-9-6-10(8-11(19)7-9)18-13-5-3-2-4-12(13)14(15,16)17/h2-5,8-9,18H,6-7H2,1H3/t9-/m0/s1. The summed E-state index contributed by atoms with van der Waals surface area (Å²) in [6.45, 7) is 1.91. The van der Waals surface area contributed by atoms with Crippen LogP contribution in [0.5, 0.6) is 0 Å². The summed E-state index contributed by atoms with van der Waals surface area (Å²) in [6.07, 6.45) is -1.98. The molecule has 5 heteroatoms. The first-order valence-corrected chi connectivity index (χ1v) is 6.03. The molecule has 0 saturated carbocycles. The van der Waals surface area contributed by atoms with Crippen molar-refractivity contribution in [1.29, 1.82) is 0 Å². The van der Waals surface area contributed by atoms with Crippen LogP contribution >= 0.6 is 0 Å². The van der Waals surface area contributed by atoms with Gasteiger partial charge in [0, 0.05) is 18.2 Å². The van der Waals surface area contributed by atoms with Crippen LogP contribution < -0.4 is 5.32 Å². The molecule has 1 N–H and O–H groups in total. The molecule has 0 amide bonds. The maximum atomic E-state index is 12.8. The van der Waals surface area contributed by atoms with Crippen molar-refractivity contribution >= 4 is 11.5 Å². The second kappa shape index (κ2) is 5.07. The van der Waals surface area contributed by atoms with Crippen molar-refractivity contribution in [3.63, 3.8) is 0 Å². The van der Waals surface area contributed by atoms with Crippen molar-refractivity contribution in [2.45, 2.75) is 25.9 Å². The lowest BCUT2D eigenvalue weighted by Gasteiger charge is -2.21. The molecular weight excluding hydrogens is 255 g/mol. The first-order chi connectivity index (χ1) is 8.86. The smallest absolute Gasteiger partial charge is 0.358 e. The fourth-order valence-corrected chi connectivity index (χ4v) is 2.20. The molecule has 19 heavy (non-hydrogen) atoms. The van der Waals surface area contributed by atoms with E-state index in [-0.39, 0.29) is 17.4 Å². The van der Waals surface area contributed by atoms with Crippen molar-refractivity contribution in [2.24, 2.45) is 5.92 Å². The third-order valence-corrected chi connectivity index (χ3v) is 2.98. The van der Waals surface area contributed by atoms with Gasteiger partial charge in [-0.3, -0.25) is 4.79 Å². The lowest BCUT2D eigenvalue weighted by molar-refractivity contribution is -0.136. The molecule has 0 unspecified atom stereocenters. The predicted molar refractivity (Wildman–Crippen MR) is 66.6 cm³/mol. The molecule has 0 spiro atoms. The van der Waals surface area contributed by atoms with E-state index in [1.807, 2.05) is 6.92 Å². The first kappa shape index (κ1) is 13.6. The molecule has 2 rings (SSSR count). The Morgan fingerprint density at radius 1 is 1.21 bits per heavy atom. The highest BCUT2D eigenvalue weighted by atomic mass is 19.4. The summed E-state index contributed by atoms with van der Waals surface area (Å²) in [6, 6.07) is 5.27. The van der Waals surface area contributed by atoms with E-state index in [0.717, 1.165) is 6.07 Å². The molecule has 0 aromatic heterocycles. The van der Waals surface area contributed by atoms with E-state index in [2.05, 4.69) is 5.32 Å². The second-order valence-corrected chi connectivity index (χ2v) is 4.82. The molecule has 0 bridgehead atoms. The first-order valence-electron chi connectivity index (χ1n) is 6.03. The van der Waals surface area contributed by atoms with Gasteiger partial charge in [-0.1, -0.05) is 19.1 Å². The zero-order valence-electron chi connectivity index (χ0n) is 10.4. The quantitative estimate of drug-likeness (QED) is 0.879. The van der Waals surface area contributed by atoms with E-state index in [1.165, 1.54) is 24.3 Å². The van der Waals surface area contributed by atoms with E-state index < -0.39 is 11.7 Å². The zero-order valence-corrected chi connectivity index (χ0v) is 10.4. The number of allylic oxidation sites excluding steroid dienone is 2. The van der Waals surface area contributed by atoms with Gasteiger partial charge in [-0.25, -0.2) is 0 Å². The third kappa shape index (κ3) is 3.36. The van der Waals surface area contributed by atoms with Crippen LogP contribution in [0, 0.1) is 5.92 Å². The number of ketones is 1. The number of nitrogens with one attached hydrogen (secondary N) is 1. The highest BCUT2D eigenvalue weighted by Crippen LogP contribution is 2.35. The summed E-state index contributed by atoms with van der Waals surface area (Å²) in [4.78, 5) is 11.4. The molecule has 2 nitrogen and oxygen atoms in total. The highest BCUT2D eigenvalue weighted by Gasteiger charge is 2.33. The number of carbonyl (C=O) groups is 1. The Hall–Kier alpha value is -1.78. The number of carbonyl (C=O) groups excluding carboxylic acids is 1. The van der Waals surface area contributed by atoms with Crippen LogP contribution in [0.1, 0.15) is 25.3 Å². The molecular formula is C14H14F3NO. The van der Waals surface area contributed by atoms with Crippen molar-refractivity contribution in [1.82, 2.24) is 0 Å². The van der Waals surface area contributed by atoms with Gasteiger partial charge in [-0.05, 0) is 24.5 Å². The molecule has 0 aliphatic heterocycles. The number of alkyl halides is 3. The number of para-hydroxylation sites is 1. The van der Waals surface area contributed by atoms with Gasteiger partial charge < -0.3 is 5.32 Å². The Balaban J connectivity index is 2.27. The van der Waals surface area contributed by atoms with Gasteiger partial charge in [0.1, 0.15) is 0 Å². The van der Waals surface area contributed by atoms with Crippen LogP contribution in [0.2, 0.25) is 0 Å². The van der Waals surface area contributed by atoms with E-state index in [0.29, 0.717) is 18.5 Å². The topological polar surface area (TPSA) is 29.1 Å². The summed E-state index contributed by atoms with van der Waals surface area (Å²) in [5.41, 5.74) is -0.190. The van der Waals surface area contributed by atoms with E-state index >= 15 is 0 Å². The minimum absolute atomic E-state index is 0.0110. The zero-order chi connectivity index (χ0) is 14.0. The van der Waals surface area contributed by atoms with Gasteiger partial charge >= 0.3 is 6.18 Å². The monoisotopic (exact) mass is 269 g/mol. The summed E-state index contributed by atoms with van der Waals surface area (Å²) < 4.78 is 38.5. The average Bonchev–Trinajstić information content (AvgIpc) is 2.26. The molecule has 1 aromatic rings. The summed E-state index contributed by atoms with van der Waals surface area (Å²) in [7, 11) is 0. The fraction of sp³-hybridized carbons (Fsp3) is 0.357. The van der Waals surface area contributed by atoms with Crippen LogP contribution in [-0.2, 0) is 11.0 Å². The van der Waals surface area contributed by atoms with Crippen molar-refractivity contribution in [2.75, 3.05) is 5.32 Å². The van der Waals surface area contributed by atoms with E-state index in [1.54, 1.807) is 0 Å². The molecule has 102 valence electrons. The summed E-state index contributed by atoms with van der Waals surface area (Å²) >= 11 is 0. The molecule has 1 aliphatic carbocycles. The maximum Gasteiger partial charge on any atom is 0.418 e. The molecule has 0 saturated heterocycles. The maximum absolute atomic E-state index is 12.8. The van der Waals surface area contributed by atoms with Crippen LogP contribution in [0.15, 0.2) is 36.0 Å². The van der Waals surface area contributed by atoms with Crippen LogP contribution in [0.3, 0.4) is 0 Å². The van der Waals surface area contributed by atoms with Crippen LogP contribution in [0.4, 0.5) is 18.9 Å². The Morgan fingerprint density at radius 2 is 1.89 bits per heavy atom. The van der Waals surface area contributed by atoms with Gasteiger partial charge in [-0.2, -0.15) is 13.2 Å². The Kier molecular flexibility index (Phi) is 3.64. The molecule has 1 atom stereocenters. The van der Waals surface area contributed by atoms with Crippen molar-refractivity contribution in [3.8, 4) is 0 Å². The van der Waals surface area contributed by atoms with Gasteiger partial charge in [-0.15, -0.1) is 0 Å². The largest absolute Gasteiger partial charge is 0.418 e. The Labute approximate surface area is 109 Å². The van der Waals surface area contributed by atoms with Crippen LogP contribution in [0.25, 0.3) is 0 Å². The van der Waals surface area contributed by atoms with Gasteiger partial charge in [0.2, 0.25) is 0 Å². The lowest BCUT2D eigenvalue weighted by Crippen LogP contribution is -2.17. The Morgan fingerprint density at radius 3 is 2.53 bits per heavy atom. The van der Waals surface area contributed by atoms with Crippen molar-refractivity contribution < 1.29 is 18.0 Å². The van der Waals surface area contributed by atoms with Gasteiger partial charge in [0.25, 0.3) is 0 Å². The number of halogens is 3. The van der Waals surface area contributed by atoms with Gasteiger partial charge in [0.05, 0.1) is 11.3 Å². The molecule has 0 radical (unpaired) electrons. The number of anilines is 1. The average molecular weight is 269 g/mol. The van der Waals surface area contributed by atoms with Crippen LogP contribution in [-0.4, -0.2) is 5.78 Å². The number of benzene rings is 1. The molecule has 0 fully saturated rings. The minimum Gasteiger partial charge on any atom is -0.358 e. The predicted octanol–water partition coefficient (Wildman–Crippen LogP) is 4.00. The fourth-order valence-electron chi connectivity index (χ4n) is 2.20. The minimum atomic E-state index is -4.41. The summed E-state index contributed by atoms with van der Waals surface area (Å²) in [5, 5.41) is 2.74. The molecule has 1 aromatic carbocycles. The molecule has 0 heterocycles. The Bertz CT molecular complexity index is 520. The van der Waals surface area contributed by atoms with E-state index in [9.17, 15) is 18.0 Å². The SMILES string of the molecule is C[C@@H]1CC(=O)C=C(Nc2ccccc2C(F)(F)F)C1. The summed E-state index contributed by atoms with van der Waals surface area (Å²) in [5.74, 6) is 0.101. The van der Waals surface area contributed by atoms with Gasteiger partial charge in [0.15, 0.2) is 5.78 Å². The molecule has 1 aliphatic rings. The number of hydrogen-bond acceptors (Lipinski definition) is 2. The van der Waals surface area contributed by atoms with E-state index in [4.69, 9.17) is 0 Å². The highest BCUT2D eigenvalue weighted by molar-refractivity contribution is 5.92. The number of rotatable bonds is 2. The second-order valence-electron chi connectivity index (χ2n) is 4.82. The number of hydrogen-bond donors (Lipinski definition) is 1. The normalized spacial score (nSPS) is 20.1.